The Kier molecular flexibility index (Phi) is 6.30. The smallest absolute Gasteiger partial charge is 0.228 e. The van der Waals surface area contributed by atoms with E-state index in [4.69, 9.17) is 4.74 Å². The lowest BCUT2D eigenvalue weighted by atomic mass is 9.98. The van der Waals surface area contributed by atoms with Gasteiger partial charge in [0.25, 0.3) is 0 Å². The second-order valence-corrected chi connectivity index (χ2v) is 5.12. The number of hydrogen-bond acceptors (Lipinski definition) is 3. The van der Waals surface area contributed by atoms with E-state index < -0.39 is 0 Å². The van der Waals surface area contributed by atoms with E-state index in [1.807, 2.05) is 26.0 Å². The molecule has 1 fully saturated rings. The topological polar surface area (TPSA) is 50.4 Å². The Balaban J connectivity index is 0.00000200. The van der Waals surface area contributed by atoms with Crippen LogP contribution in [0.4, 0.5) is 5.69 Å². The summed E-state index contributed by atoms with van der Waals surface area (Å²) in [6.07, 6.45) is 2.02. The summed E-state index contributed by atoms with van der Waals surface area (Å²) < 4.78 is 5.38. The predicted molar refractivity (Wildman–Crippen MR) is 83.9 cm³/mol. The largest absolute Gasteiger partial charge is 0.496 e. The highest BCUT2D eigenvalue weighted by atomic mass is 35.5. The molecule has 1 aliphatic heterocycles. The average Bonchev–Trinajstić information content (AvgIpc) is 2.43. The highest BCUT2D eigenvalue weighted by Gasteiger charge is 2.21. The van der Waals surface area contributed by atoms with E-state index in [1.165, 1.54) is 0 Å². The Labute approximate surface area is 126 Å². The van der Waals surface area contributed by atoms with E-state index in [9.17, 15) is 4.79 Å². The molecule has 5 heteroatoms. The Bertz CT molecular complexity index is 471. The Hall–Kier alpha value is -1.26. The summed E-state index contributed by atoms with van der Waals surface area (Å²) in [5, 5.41) is 6.29. The van der Waals surface area contributed by atoms with E-state index >= 15 is 0 Å². The minimum atomic E-state index is 0. The lowest BCUT2D eigenvalue weighted by Gasteiger charge is -2.22. The van der Waals surface area contributed by atoms with Crippen LogP contribution < -0.4 is 15.4 Å². The number of aryl methyl sites for hydroxylation is 1. The van der Waals surface area contributed by atoms with Crippen LogP contribution in [0.5, 0.6) is 5.75 Å². The van der Waals surface area contributed by atoms with Crippen molar-refractivity contribution >= 4 is 24.0 Å². The van der Waals surface area contributed by atoms with Crippen LogP contribution in [0.2, 0.25) is 0 Å². The van der Waals surface area contributed by atoms with Gasteiger partial charge in [-0.1, -0.05) is 6.07 Å². The van der Waals surface area contributed by atoms with Crippen LogP contribution in [-0.4, -0.2) is 26.1 Å². The van der Waals surface area contributed by atoms with Gasteiger partial charge in [0.15, 0.2) is 0 Å². The third kappa shape index (κ3) is 3.64. The van der Waals surface area contributed by atoms with Crippen molar-refractivity contribution in [2.45, 2.75) is 26.7 Å². The van der Waals surface area contributed by atoms with Crippen molar-refractivity contribution in [3.8, 4) is 5.75 Å². The number of methoxy groups -OCH3 is 1. The van der Waals surface area contributed by atoms with Gasteiger partial charge in [-0.2, -0.15) is 0 Å². The van der Waals surface area contributed by atoms with Gasteiger partial charge in [0, 0.05) is 17.8 Å². The van der Waals surface area contributed by atoms with Gasteiger partial charge in [-0.25, -0.2) is 0 Å². The lowest BCUT2D eigenvalue weighted by molar-refractivity contribution is -0.120. The van der Waals surface area contributed by atoms with Gasteiger partial charge in [-0.05, 0) is 44.9 Å². The molecule has 1 aromatic rings. The summed E-state index contributed by atoms with van der Waals surface area (Å²) in [7, 11) is 1.66. The first-order valence-corrected chi connectivity index (χ1v) is 6.79. The Morgan fingerprint density at radius 2 is 2.15 bits per heavy atom. The fourth-order valence-electron chi connectivity index (χ4n) is 2.59. The van der Waals surface area contributed by atoms with Gasteiger partial charge in [0.1, 0.15) is 5.75 Å². The third-order valence-electron chi connectivity index (χ3n) is 3.73. The number of carbonyl (C=O) groups excluding carboxylic acids is 1. The predicted octanol–water partition coefficient (Wildman–Crippen LogP) is 2.67. The third-order valence-corrected chi connectivity index (χ3v) is 3.73. The van der Waals surface area contributed by atoms with Crippen molar-refractivity contribution in [1.82, 2.24) is 5.32 Å². The average molecular weight is 299 g/mol. The fourth-order valence-corrected chi connectivity index (χ4v) is 2.59. The van der Waals surface area contributed by atoms with Crippen LogP contribution in [0.3, 0.4) is 0 Å². The maximum absolute atomic E-state index is 12.2. The van der Waals surface area contributed by atoms with Crippen LogP contribution in [-0.2, 0) is 4.79 Å². The molecule has 0 aliphatic carbocycles. The molecule has 0 aromatic heterocycles. The molecule has 4 nitrogen and oxygen atoms in total. The van der Waals surface area contributed by atoms with E-state index in [2.05, 4.69) is 10.6 Å². The Morgan fingerprint density at radius 1 is 1.40 bits per heavy atom. The highest BCUT2D eigenvalue weighted by Crippen LogP contribution is 2.29. The molecule has 1 unspecified atom stereocenters. The number of ether oxygens (including phenoxy) is 1. The van der Waals surface area contributed by atoms with Gasteiger partial charge in [0.05, 0.1) is 13.0 Å². The maximum atomic E-state index is 12.2. The van der Waals surface area contributed by atoms with Gasteiger partial charge < -0.3 is 15.4 Å². The number of rotatable bonds is 3. The van der Waals surface area contributed by atoms with Crippen molar-refractivity contribution in [3.63, 3.8) is 0 Å². The van der Waals surface area contributed by atoms with Crippen molar-refractivity contribution in [2.75, 3.05) is 25.5 Å². The van der Waals surface area contributed by atoms with Crippen molar-refractivity contribution < 1.29 is 9.53 Å². The molecule has 0 saturated carbocycles. The van der Waals surface area contributed by atoms with Crippen molar-refractivity contribution in [1.29, 1.82) is 0 Å². The number of hydrogen-bond donors (Lipinski definition) is 2. The molecule has 1 amide bonds. The quantitative estimate of drug-likeness (QED) is 0.902. The second-order valence-electron chi connectivity index (χ2n) is 5.12. The van der Waals surface area contributed by atoms with Crippen LogP contribution in [0.25, 0.3) is 0 Å². The van der Waals surface area contributed by atoms with Crippen LogP contribution in [0, 0.1) is 19.8 Å². The molecule has 0 bridgehead atoms. The molecule has 2 N–H and O–H groups in total. The summed E-state index contributed by atoms with van der Waals surface area (Å²) >= 11 is 0. The number of benzene rings is 1. The minimum Gasteiger partial charge on any atom is -0.496 e. The molecule has 2 rings (SSSR count). The standard InChI is InChI=1S/C15H22N2O2.ClH/c1-10-6-7-13(11(2)14(10)19-3)17-15(18)12-5-4-8-16-9-12;/h6-7,12,16H,4-5,8-9H2,1-3H3,(H,17,18);1H. The molecule has 1 heterocycles. The van der Waals surface area contributed by atoms with Gasteiger partial charge in [0.2, 0.25) is 5.91 Å². The SMILES string of the molecule is COc1c(C)ccc(NC(=O)C2CCCNC2)c1C.Cl. The zero-order chi connectivity index (χ0) is 13.8. The van der Waals surface area contributed by atoms with Crippen molar-refractivity contribution in [3.05, 3.63) is 23.3 Å². The normalized spacial score (nSPS) is 18.1. The van der Waals surface area contributed by atoms with E-state index in [0.717, 1.165) is 48.5 Å². The molecule has 1 atom stereocenters. The number of anilines is 1. The molecule has 1 aromatic carbocycles. The maximum Gasteiger partial charge on any atom is 0.228 e. The summed E-state index contributed by atoms with van der Waals surface area (Å²) in [5.41, 5.74) is 2.91. The molecule has 0 spiro atoms. The summed E-state index contributed by atoms with van der Waals surface area (Å²) in [6.45, 7) is 5.76. The fraction of sp³-hybridized carbons (Fsp3) is 0.533. The number of halogens is 1. The second kappa shape index (κ2) is 7.50. The zero-order valence-electron chi connectivity index (χ0n) is 12.3. The number of amides is 1. The first kappa shape index (κ1) is 16.8. The van der Waals surface area contributed by atoms with E-state index in [1.54, 1.807) is 7.11 Å². The first-order valence-electron chi connectivity index (χ1n) is 6.79. The molecule has 1 saturated heterocycles. The van der Waals surface area contributed by atoms with Crippen LogP contribution >= 0.6 is 12.4 Å². The molecule has 1 aliphatic rings. The molecule has 20 heavy (non-hydrogen) atoms. The highest BCUT2D eigenvalue weighted by molar-refractivity contribution is 5.93. The van der Waals surface area contributed by atoms with Gasteiger partial charge >= 0.3 is 0 Å². The van der Waals surface area contributed by atoms with Gasteiger partial charge in [-0.3, -0.25) is 4.79 Å². The summed E-state index contributed by atoms with van der Waals surface area (Å²) in [6, 6.07) is 3.92. The lowest BCUT2D eigenvalue weighted by Crippen LogP contribution is -2.37. The monoisotopic (exact) mass is 298 g/mol. The van der Waals surface area contributed by atoms with Crippen molar-refractivity contribution in [2.24, 2.45) is 5.92 Å². The Morgan fingerprint density at radius 3 is 2.75 bits per heavy atom. The summed E-state index contributed by atoms with van der Waals surface area (Å²) in [4.78, 5) is 12.2. The first-order chi connectivity index (χ1) is 9.13. The minimum absolute atomic E-state index is 0. The summed E-state index contributed by atoms with van der Waals surface area (Å²) in [5.74, 6) is 1.02. The number of carbonyl (C=O) groups is 1. The number of piperidine rings is 1. The van der Waals surface area contributed by atoms with Crippen LogP contribution in [0.15, 0.2) is 12.1 Å². The van der Waals surface area contributed by atoms with Gasteiger partial charge in [-0.15, -0.1) is 12.4 Å². The van der Waals surface area contributed by atoms with E-state index in [-0.39, 0.29) is 24.2 Å². The zero-order valence-corrected chi connectivity index (χ0v) is 13.1. The molecule has 0 radical (unpaired) electrons. The van der Waals surface area contributed by atoms with E-state index in [0.29, 0.717) is 0 Å². The van der Waals surface area contributed by atoms with Crippen LogP contribution in [0.1, 0.15) is 24.0 Å². The molecular weight excluding hydrogens is 276 g/mol. The number of nitrogens with one attached hydrogen (secondary N) is 2. The molecular formula is C15H23ClN2O2. The molecule has 112 valence electrons.